The first kappa shape index (κ1) is 22.0. The second-order valence-electron chi connectivity index (χ2n) is 7.36. The molecule has 6 nitrogen and oxygen atoms in total. The highest BCUT2D eigenvalue weighted by Crippen LogP contribution is 2.17. The van der Waals surface area contributed by atoms with Crippen LogP contribution < -0.4 is 15.5 Å². The molecule has 0 saturated heterocycles. The molecular formula is C26H21FN2O4. The maximum absolute atomic E-state index is 13.3. The number of ether oxygens (including phenoxy) is 1. The third-order valence-electron chi connectivity index (χ3n) is 5.10. The van der Waals surface area contributed by atoms with E-state index in [1.165, 1.54) is 18.3 Å². The topological polar surface area (TPSA) is 77.4 Å². The first-order chi connectivity index (χ1) is 16.0. The van der Waals surface area contributed by atoms with Gasteiger partial charge >= 0.3 is 0 Å². The van der Waals surface area contributed by atoms with Crippen LogP contribution in [-0.2, 0) is 11.3 Å². The maximum Gasteiger partial charge on any atom is 0.244 e. The first-order valence-electron chi connectivity index (χ1n) is 10.4. The summed E-state index contributed by atoms with van der Waals surface area (Å²) < 4.78 is 20.2. The standard InChI is InChI=1S/C26H21FN2O4/c1-2-33-20-13-11-19(12-14-20)28-24(30)16-29-15-22(25(31)17-7-9-18(27)10-8-17)26(32)21-5-3-4-6-23(21)29/h3-15H,2,16H2,1H3,(H,28,30). The number of fused-ring (bicyclic) bond motifs is 1. The number of rotatable bonds is 7. The zero-order valence-corrected chi connectivity index (χ0v) is 17.9. The molecule has 0 aliphatic carbocycles. The number of benzene rings is 3. The third-order valence-corrected chi connectivity index (χ3v) is 5.10. The van der Waals surface area contributed by atoms with E-state index in [0.29, 0.717) is 28.9 Å². The van der Waals surface area contributed by atoms with E-state index in [2.05, 4.69) is 5.32 Å². The van der Waals surface area contributed by atoms with Crippen molar-refractivity contribution in [1.82, 2.24) is 4.57 Å². The minimum atomic E-state index is -0.536. The van der Waals surface area contributed by atoms with Gasteiger partial charge in [0.15, 0.2) is 5.78 Å². The average Bonchev–Trinajstić information content (AvgIpc) is 2.82. The van der Waals surface area contributed by atoms with Gasteiger partial charge in [-0.2, -0.15) is 0 Å². The van der Waals surface area contributed by atoms with Gasteiger partial charge in [-0.15, -0.1) is 0 Å². The zero-order valence-electron chi connectivity index (χ0n) is 17.9. The van der Waals surface area contributed by atoms with Crippen LogP contribution in [0.4, 0.5) is 10.1 Å². The normalized spacial score (nSPS) is 10.7. The molecule has 0 aliphatic rings. The van der Waals surface area contributed by atoms with Gasteiger partial charge in [0.25, 0.3) is 0 Å². The Morgan fingerprint density at radius 2 is 1.67 bits per heavy atom. The van der Waals surface area contributed by atoms with Crippen molar-refractivity contribution >= 4 is 28.3 Å². The lowest BCUT2D eigenvalue weighted by atomic mass is 10.0. The minimum absolute atomic E-state index is 0.0887. The molecule has 0 radical (unpaired) electrons. The van der Waals surface area contributed by atoms with Gasteiger partial charge in [-0.05, 0) is 67.6 Å². The number of carbonyl (C=O) groups is 2. The molecule has 4 aromatic rings. The summed E-state index contributed by atoms with van der Waals surface area (Å²) in [6.07, 6.45) is 1.38. The number of halogens is 1. The third kappa shape index (κ3) is 4.82. The summed E-state index contributed by atoms with van der Waals surface area (Å²) in [5, 5.41) is 3.12. The van der Waals surface area contributed by atoms with Crippen molar-refractivity contribution in [3.63, 3.8) is 0 Å². The lowest BCUT2D eigenvalue weighted by Gasteiger charge is -2.14. The Morgan fingerprint density at radius 3 is 2.36 bits per heavy atom. The molecule has 33 heavy (non-hydrogen) atoms. The number of ketones is 1. The summed E-state index contributed by atoms with van der Waals surface area (Å²) in [4.78, 5) is 38.7. The minimum Gasteiger partial charge on any atom is -0.494 e. The van der Waals surface area contributed by atoms with Crippen LogP contribution in [-0.4, -0.2) is 22.9 Å². The number of para-hydroxylation sites is 1. The van der Waals surface area contributed by atoms with E-state index in [0.717, 1.165) is 12.1 Å². The predicted octanol–water partition coefficient (Wildman–Crippen LogP) is 4.41. The lowest BCUT2D eigenvalue weighted by molar-refractivity contribution is -0.116. The quantitative estimate of drug-likeness (QED) is 0.429. The van der Waals surface area contributed by atoms with Crippen LogP contribution in [0, 0.1) is 5.82 Å². The highest BCUT2D eigenvalue weighted by atomic mass is 19.1. The molecular weight excluding hydrogens is 423 g/mol. The number of anilines is 1. The Balaban J connectivity index is 1.66. The lowest BCUT2D eigenvalue weighted by Crippen LogP contribution is -2.24. The summed E-state index contributed by atoms with van der Waals surface area (Å²) in [6, 6.07) is 18.7. The molecule has 0 saturated carbocycles. The number of hydrogen-bond donors (Lipinski definition) is 1. The zero-order chi connectivity index (χ0) is 23.4. The molecule has 0 fully saturated rings. The molecule has 4 rings (SSSR count). The van der Waals surface area contributed by atoms with Gasteiger partial charge in [0.2, 0.25) is 11.3 Å². The molecule has 0 spiro atoms. The second-order valence-corrected chi connectivity index (χ2v) is 7.36. The van der Waals surface area contributed by atoms with Gasteiger partial charge < -0.3 is 14.6 Å². The van der Waals surface area contributed by atoms with Crippen LogP contribution in [0.2, 0.25) is 0 Å². The van der Waals surface area contributed by atoms with E-state index < -0.39 is 17.0 Å². The molecule has 1 aromatic heterocycles. The molecule has 0 atom stereocenters. The van der Waals surface area contributed by atoms with Gasteiger partial charge in [-0.1, -0.05) is 12.1 Å². The van der Waals surface area contributed by atoms with Gasteiger partial charge in [0.1, 0.15) is 18.1 Å². The second kappa shape index (κ2) is 9.48. The monoisotopic (exact) mass is 444 g/mol. The van der Waals surface area contributed by atoms with Crippen LogP contribution in [0.25, 0.3) is 10.9 Å². The highest BCUT2D eigenvalue weighted by molar-refractivity contribution is 6.10. The van der Waals surface area contributed by atoms with Crippen LogP contribution in [0.5, 0.6) is 5.75 Å². The molecule has 1 heterocycles. The number of pyridine rings is 1. The van der Waals surface area contributed by atoms with E-state index in [1.54, 1.807) is 53.1 Å². The molecule has 1 N–H and O–H groups in total. The van der Waals surface area contributed by atoms with Gasteiger partial charge in [-0.25, -0.2) is 4.39 Å². The number of hydrogen-bond acceptors (Lipinski definition) is 4. The summed E-state index contributed by atoms with van der Waals surface area (Å²) in [5.74, 6) is -0.640. The van der Waals surface area contributed by atoms with Gasteiger partial charge in [0.05, 0.1) is 17.7 Å². The largest absolute Gasteiger partial charge is 0.494 e. The van der Waals surface area contributed by atoms with Crippen LogP contribution in [0.15, 0.2) is 83.8 Å². The smallest absolute Gasteiger partial charge is 0.244 e. The maximum atomic E-state index is 13.3. The molecule has 0 aliphatic heterocycles. The Labute approximate surface area is 189 Å². The molecule has 0 bridgehead atoms. The summed E-state index contributed by atoms with van der Waals surface area (Å²) in [5.41, 5.74) is 0.780. The van der Waals surface area contributed by atoms with Crippen LogP contribution in [0.1, 0.15) is 22.8 Å². The van der Waals surface area contributed by atoms with Crippen molar-refractivity contribution in [2.75, 3.05) is 11.9 Å². The number of carbonyl (C=O) groups excluding carboxylic acids is 2. The van der Waals surface area contributed by atoms with E-state index in [1.807, 2.05) is 6.92 Å². The van der Waals surface area contributed by atoms with Crippen molar-refractivity contribution in [3.8, 4) is 5.75 Å². The van der Waals surface area contributed by atoms with Crippen molar-refractivity contribution in [3.05, 3.63) is 106 Å². The molecule has 0 unspecified atom stereocenters. The van der Waals surface area contributed by atoms with Gasteiger partial charge in [-0.3, -0.25) is 14.4 Å². The van der Waals surface area contributed by atoms with E-state index >= 15 is 0 Å². The number of amides is 1. The van der Waals surface area contributed by atoms with Crippen LogP contribution >= 0.6 is 0 Å². The van der Waals surface area contributed by atoms with Crippen molar-refractivity contribution < 1.29 is 18.7 Å². The van der Waals surface area contributed by atoms with Gasteiger partial charge in [0, 0.05) is 22.8 Å². The fraction of sp³-hybridized carbons (Fsp3) is 0.115. The predicted molar refractivity (Wildman–Crippen MR) is 124 cm³/mol. The Bertz CT molecular complexity index is 1380. The number of nitrogens with zero attached hydrogens (tertiary/aromatic N) is 1. The first-order valence-corrected chi connectivity index (χ1v) is 10.4. The Hall–Kier alpha value is -4.26. The SMILES string of the molecule is CCOc1ccc(NC(=O)Cn2cc(C(=O)c3ccc(F)cc3)c(=O)c3ccccc32)cc1. The summed E-state index contributed by atoms with van der Waals surface area (Å²) >= 11 is 0. The van der Waals surface area contributed by atoms with E-state index in [-0.39, 0.29) is 23.6 Å². The van der Waals surface area contributed by atoms with E-state index in [4.69, 9.17) is 4.74 Å². The molecule has 166 valence electrons. The van der Waals surface area contributed by atoms with E-state index in [9.17, 15) is 18.8 Å². The summed E-state index contributed by atoms with van der Waals surface area (Å²) in [6.45, 7) is 2.32. The fourth-order valence-electron chi connectivity index (χ4n) is 3.55. The highest BCUT2D eigenvalue weighted by Gasteiger charge is 2.18. The molecule has 7 heteroatoms. The Kier molecular flexibility index (Phi) is 6.31. The van der Waals surface area contributed by atoms with Crippen molar-refractivity contribution in [2.24, 2.45) is 0 Å². The van der Waals surface area contributed by atoms with Crippen molar-refractivity contribution in [1.29, 1.82) is 0 Å². The Morgan fingerprint density at radius 1 is 0.970 bits per heavy atom. The fourth-order valence-corrected chi connectivity index (χ4v) is 3.55. The molecule has 1 amide bonds. The summed E-state index contributed by atoms with van der Waals surface area (Å²) in [7, 11) is 0. The average molecular weight is 444 g/mol. The van der Waals surface area contributed by atoms with Crippen LogP contribution in [0.3, 0.4) is 0 Å². The number of nitrogens with one attached hydrogen (secondary N) is 1. The molecule has 3 aromatic carbocycles. The van der Waals surface area contributed by atoms with Crippen molar-refractivity contribution in [2.45, 2.75) is 13.5 Å². The number of aromatic nitrogens is 1.